The molecule has 1 nitrogen and oxygen atoms in total. The van der Waals surface area contributed by atoms with Crippen LogP contribution in [0.25, 0.3) is 5.57 Å². The fourth-order valence-corrected chi connectivity index (χ4v) is 3.12. The summed E-state index contributed by atoms with van der Waals surface area (Å²) >= 11 is 1.85. The minimum Gasteiger partial charge on any atom is -0.375 e. The maximum Gasteiger partial charge on any atom is 0.102 e. The van der Waals surface area contributed by atoms with Gasteiger partial charge in [-0.05, 0) is 48.8 Å². The van der Waals surface area contributed by atoms with Gasteiger partial charge in [-0.2, -0.15) is 0 Å². The van der Waals surface area contributed by atoms with Crippen LogP contribution in [0.4, 0.5) is 0 Å². The summed E-state index contributed by atoms with van der Waals surface area (Å²) < 4.78 is 0. The monoisotopic (exact) mass is 243 g/mol. The number of hydrogen-bond acceptors (Lipinski definition) is 2. The van der Waals surface area contributed by atoms with E-state index in [4.69, 9.17) is 0 Å². The molecule has 3 rings (SSSR count). The largest absolute Gasteiger partial charge is 0.375 e. The summed E-state index contributed by atoms with van der Waals surface area (Å²) in [5, 5.41) is 5.93. The van der Waals surface area contributed by atoms with E-state index in [1.54, 1.807) is 5.57 Å². The third-order valence-electron chi connectivity index (χ3n) is 3.46. The molecule has 1 aromatic carbocycles. The molecule has 1 saturated carbocycles. The Morgan fingerprint density at radius 3 is 2.82 bits per heavy atom. The van der Waals surface area contributed by atoms with Crippen molar-refractivity contribution in [2.75, 3.05) is 0 Å². The molecule has 1 N–H and O–H groups in total. The summed E-state index contributed by atoms with van der Waals surface area (Å²) in [6, 6.07) is 6.82. The summed E-state index contributed by atoms with van der Waals surface area (Å²) in [7, 11) is 0. The van der Waals surface area contributed by atoms with E-state index in [0.29, 0.717) is 5.37 Å². The van der Waals surface area contributed by atoms with Crippen molar-refractivity contribution in [3.63, 3.8) is 0 Å². The highest BCUT2D eigenvalue weighted by Gasteiger charge is 2.21. The molecule has 1 aromatic rings. The molecule has 1 aliphatic heterocycles. The van der Waals surface area contributed by atoms with Crippen LogP contribution in [0.3, 0.4) is 0 Å². The van der Waals surface area contributed by atoms with E-state index in [1.807, 2.05) is 18.0 Å². The summed E-state index contributed by atoms with van der Waals surface area (Å²) in [5.41, 5.74) is 7.33. The van der Waals surface area contributed by atoms with Gasteiger partial charge in [-0.1, -0.05) is 29.3 Å². The molecular weight excluding hydrogens is 226 g/mol. The highest BCUT2D eigenvalue weighted by molar-refractivity contribution is 8.02. The maximum atomic E-state index is 3.41. The van der Waals surface area contributed by atoms with E-state index in [9.17, 15) is 0 Å². The SMILES string of the molecule is CC(=C1CC1)c1cc(C)ccc1C1NC=CS1. The van der Waals surface area contributed by atoms with Gasteiger partial charge in [-0.3, -0.25) is 0 Å². The second-order valence-corrected chi connectivity index (χ2v) is 5.82. The van der Waals surface area contributed by atoms with Crippen molar-refractivity contribution in [3.8, 4) is 0 Å². The number of hydrogen-bond donors (Lipinski definition) is 1. The third kappa shape index (κ3) is 2.14. The van der Waals surface area contributed by atoms with Gasteiger partial charge in [0.15, 0.2) is 0 Å². The van der Waals surface area contributed by atoms with Crippen molar-refractivity contribution < 1.29 is 0 Å². The van der Waals surface area contributed by atoms with Crippen molar-refractivity contribution in [3.05, 3.63) is 52.1 Å². The van der Waals surface area contributed by atoms with Crippen molar-refractivity contribution in [1.29, 1.82) is 0 Å². The van der Waals surface area contributed by atoms with Crippen molar-refractivity contribution in [2.24, 2.45) is 0 Å². The average Bonchev–Trinajstić information content (AvgIpc) is 3.04. The molecule has 0 saturated heterocycles. The minimum absolute atomic E-state index is 0.389. The second kappa shape index (κ2) is 4.26. The Morgan fingerprint density at radius 1 is 1.35 bits per heavy atom. The molecule has 2 aliphatic rings. The van der Waals surface area contributed by atoms with Crippen LogP contribution in [0.5, 0.6) is 0 Å². The molecule has 1 atom stereocenters. The number of benzene rings is 1. The van der Waals surface area contributed by atoms with Gasteiger partial charge in [0.1, 0.15) is 5.37 Å². The van der Waals surface area contributed by atoms with Gasteiger partial charge in [-0.25, -0.2) is 0 Å². The fraction of sp³-hybridized carbons (Fsp3) is 0.333. The fourth-order valence-electron chi connectivity index (χ4n) is 2.30. The minimum atomic E-state index is 0.389. The predicted molar refractivity (Wildman–Crippen MR) is 75.6 cm³/mol. The Hall–Kier alpha value is -1.15. The Kier molecular flexibility index (Phi) is 2.75. The quantitative estimate of drug-likeness (QED) is 0.828. The summed E-state index contributed by atoms with van der Waals surface area (Å²) in [6.07, 6.45) is 4.63. The lowest BCUT2D eigenvalue weighted by atomic mass is 9.97. The molecule has 0 spiro atoms. The summed E-state index contributed by atoms with van der Waals surface area (Å²) in [5.74, 6) is 0. The first-order chi connectivity index (χ1) is 8.25. The van der Waals surface area contributed by atoms with Crippen LogP contribution in [-0.4, -0.2) is 0 Å². The van der Waals surface area contributed by atoms with Gasteiger partial charge >= 0.3 is 0 Å². The number of allylic oxidation sites excluding steroid dienone is 2. The molecule has 0 aromatic heterocycles. The van der Waals surface area contributed by atoms with Gasteiger partial charge in [0.2, 0.25) is 0 Å². The van der Waals surface area contributed by atoms with Crippen LogP contribution >= 0.6 is 11.8 Å². The average molecular weight is 243 g/mol. The van der Waals surface area contributed by atoms with Crippen LogP contribution in [0.1, 0.15) is 41.8 Å². The van der Waals surface area contributed by atoms with Crippen molar-refractivity contribution >= 4 is 17.3 Å². The maximum absolute atomic E-state index is 3.41. The van der Waals surface area contributed by atoms with E-state index < -0.39 is 0 Å². The lowest BCUT2D eigenvalue weighted by Gasteiger charge is -2.17. The highest BCUT2D eigenvalue weighted by atomic mass is 32.2. The molecule has 0 bridgehead atoms. The second-order valence-electron chi connectivity index (χ2n) is 4.80. The zero-order valence-electron chi connectivity index (χ0n) is 10.3. The van der Waals surface area contributed by atoms with Gasteiger partial charge in [-0.15, -0.1) is 11.8 Å². The number of rotatable bonds is 2. The van der Waals surface area contributed by atoms with Gasteiger partial charge in [0.05, 0.1) is 0 Å². The molecule has 1 heterocycles. The molecule has 2 heteroatoms. The molecule has 0 radical (unpaired) electrons. The first kappa shape index (κ1) is 11.0. The normalized spacial score (nSPS) is 21.5. The zero-order valence-corrected chi connectivity index (χ0v) is 11.1. The molecule has 17 heavy (non-hydrogen) atoms. The molecular formula is C15H17NS. The topological polar surface area (TPSA) is 12.0 Å². The lowest BCUT2D eigenvalue weighted by molar-refractivity contribution is 0.858. The first-order valence-electron chi connectivity index (χ1n) is 6.12. The van der Waals surface area contributed by atoms with Crippen LogP contribution < -0.4 is 5.32 Å². The van der Waals surface area contributed by atoms with E-state index in [2.05, 4.69) is 42.8 Å². The number of thioether (sulfide) groups is 1. The molecule has 1 fully saturated rings. The van der Waals surface area contributed by atoms with Gasteiger partial charge < -0.3 is 5.32 Å². The number of aryl methyl sites for hydroxylation is 1. The smallest absolute Gasteiger partial charge is 0.102 e. The Bertz CT molecular complexity index is 500. The zero-order chi connectivity index (χ0) is 11.8. The van der Waals surface area contributed by atoms with Crippen LogP contribution in [0.2, 0.25) is 0 Å². The van der Waals surface area contributed by atoms with Crippen LogP contribution in [0, 0.1) is 6.92 Å². The van der Waals surface area contributed by atoms with E-state index >= 15 is 0 Å². The van der Waals surface area contributed by atoms with Crippen molar-refractivity contribution in [2.45, 2.75) is 32.1 Å². The van der Waals surface area contributed by atoms with Gasteiger partial charge in [0.25, 0.3) is 0 Å². The molecule has 0 amide bonds. The van der Waals surface area contributed by atoms with Gasteiger partial charge in [0, 0.05) is 6.20 Å². The van der Waals surface area contributed by atoms with E-state index in [1.165, 1.54) is 35.1 Å². The van der Waals surface area contributed by atoms with Crippen molar-refractivity contribution in [1.82, 2.24) is 5.32 Å². The lowest BCUT2D eigenvalue weighted by Crippen LogP contribution is -2.09. The molecule has 88 valence electrons. The first-order valence-corrected chi connectivity index (χ1v) is 7.06. The molecule has 1 unspecified atom stereocenters. The highest BCUT2D eigenvalue weighted by Crippen LogP contribution is 2.41. The summed E-state index contributed by atoms with van der Waals surface area (Å²) in [6.45, 7) is 4.44. The number of nitrogens with one attached hydrogen (secondary N) is 1. The van der Waals surface area contributed by atoms with E-state index in [0.717, 1.165) is 0 Å². The van der Waals surface area contributed by atoms with Crippen LogP contribution in [-0.2, 0) is 0 Å². The predicted octanol–water partition coefficient (Wildman–Crippen LogP) is 4.37. The third-order valence-corrected chi connectivity index (χ3v) is 4.41. The van der Waals surface area contributed by atoms with Crippen LogP contribution in [0.15, 0.2) is 35.4 Å². The summed E-state index contributed by atoms with van der Waals surface area (Å²) in [4.78, 5) is 0. The standard InChI is InChI=1S/C15H17NS/c1-10-3-6-13(15-16-7-8-17-15)14(9-10)11(2)12-4-5-12/h3,6-9,15-16H,4-5H2,1-2H3. The van der Waals surface area contributed by atoms with E-state index in [-0.39, 0.29) is 0 Å². The Balaban J connectivity index is 2.05. The Labute approximate surface area is 107 Å². The Morgan fingerprint density at radius 2 is 2.18 bits per heavy atom. The molecule has 1 aliphatic carbocycles.